The predicted octanol–water partition coefficient (Wildman–Crippen LogP) is 3.01. The molecule has 0 nitrogen and oxygen atoms in total. The molecule has 1 aliphatic heterocycles. The minimum Gasteiger partial charge on any atom is -0.0810 e. The van der Waals surface area contributed by atoms with E-state index in [0.29, 0.717) is 11.2 Å². The maximum absolute atomic E-state index is 2.28. The maximum Gasteiger partial charge on any atom is 0.0440 e. The van der Waals surface area contributed by atoms with Crippen LogP contribution in [0.4, 0.5) is 0 Å². The summed E-state index contributed by atoms with van der Waals surface area (Å²) >= 11 is 0. The third-order valence-corrected chi connectivity index (χ3v) is 4.05. The van der Waals surface area contributed by atoms with Crippen LogP contribution < -0.4 is 0 Å². The summed E-state index contributed by atoms with van der Waals surface area (Å²) in [5.74, 6) is 0.649. The first-order chi connectivity index (χ1) is 4.97. The summed E-state index contributed by atoms with van der Waals surface area (Å²) < 4.78 is 0. The van der Waals surface area contributed by atoms with Gasteiger partial charge in [0.05, 0.1) is 0 Å². The average Bonchev–Trinajstić information content (AvgIpc) is 2.59. The number of hydrogen-bond donors (Lipinski definition) is 0. The third-order valence-electron chi connectivity index (χ3n) is 1.65. The highest BCUT2D eigenvalue weighted by molar-refractivity contribution is 8.78. The summed E-state index contributed by atoms with van der Waals surface area (Å²) in [4.78, 5) is 0. The predicted molar refractivity (Wildman–Crippen MR) is 49.9 cm³/mol. The minimum atomic E-state index is 0.649. The first kappa shape index (κ1) is 6.62. The van der Waals surface area contributed by atoms with Gasteiger partial charge in [0.25, 0.3) is 0 Å². The van der Waals surface area contributed by atoms with Crippen LogP contribution in [0.1, 0.15) is 0 Å². The van der Waals surface area contributed by atoms with Gasteiger partial charge >= 0.3 is 0 Å². The lowest BCUT2D eigenvalue weighted by Gasteiger charge is -2.09. The summed E-state index contributed by atoms with van der Waals surface area (Å²) in [6, 6.07) is 0. The lowest BCUT2D eigenvalue weighted by atomic mass is 10.1. The van der Waals surface area contributed by atoms with E-state index in [0.717, 1.165) is 0 Å². The molecule has 0 aromatic carbocycles. The molecule has 2 aliphatic rings. The maximum atomic E-state index is 2.28. The zero-order chi connectivity index (χ0) is 6.81. The molecule has 0 saturated heterocycles. The summed E-state index contributed by atoms with van der Waals surface area (Å²) in [6.07, 6.45) is 11.0. The average molecular weight is 168 g/mol. The molecule has 1 unspecified atom stereocenters. The smallest absolute Gasteiger partial charge is 0.0440 e. The summed E-state index contributed by atoms with van der Waals surface area (Å²) in [6.45, 7) is 0. The van der Waals surface area contributed by atoms with Crippen molar-refractivity contribution in [3.8, 4) is 0 Å². The van der Waals surface area contributed by atoms with Crippen LogP contribution in [-0.2, 0) is 0 Å². The Morgan fingerprint density at radius 1 is 1.00 bits per heavy atom. The third kappa shape index (κ3) is 1.18. The monoisotopic (exact) mass is 168 g/mol. The summed E-state index contributed by atoms with van der Waals surface area (Å²) in [5, 5.41) is 2.86. The Labute approximate surface area is 68.9 Å². The normalized spacial score (nSPS) is 30.6. The fourth-order valence-corrected chi connectivity index (χ4v) is 3.42. The van der Waals surface area contributed by atoms with Crippen molar-refractivity contribution in [2.45, 2.75) is 5.25 Å². The molecule has 1 heterocycles. The SMILES string of the molecule is C1=CC(C2C=CSS2)C=C1. The lowest BCUT2D eigenvalue weighted by Crippen LogP contribution is -2.04. The largest absolute Gasteiger partial charge is 0.0810 e. The Morgan fingerprint density at radius 3 is 2.40 bits per heavy atom. The summed E-state index contributed by atoms with van der Waals surface area (Å²) in [7, 11) is 3.78. The Hall–Kier alpha value is -0.0800. The zero-order valence-corrected chi connectivity index (χ0v) is 7.07. The van der Waals surface area contributed by atoms with Crippen LogP contribution in [0, 0.1) is 5.92 Å². The fourth-order valence-electron chi connectivity index (χ4n) is 1.10. The topological polar surface area (TPSA) is 0 Å². The van der Waals surface area contributed by atoms with Crippen LogP contribution in [0.15, 0.2) is 35.8 Å². The van der Waals surface area contributed by atoms with Crippen molar-refractivity contribution in [1.29, 1.82) is 0 Å². The van der Waals surface area contributed by atoms with Gasteiger partial charge in [-0.2, -0.15) is 0 Å². The molecule has 0 amide bonds. The van der Waals surface area contributed by atoms with E-state index in [1.54, 1.807) is 0 Å². The van der Waals surface area contributed by atoms with Gasteiger partial charge < -0.3 is 0 Å². The number of hydrogen-bond acceptors (Lipinski definition) is 2. The molecule has 0 bridgehead atoms. The molecule has 1 atom stereocenters. The molecule has 0 aromatic heterocycles. The van der Waals surface area contributed by atoms with E-state index in [4.69, 9.17) is 0 Å². The van der Waals surface area contributed by atoms with Crippen LogP contribution in [0.3, 0.4) is 0 Å². The van der Waals surface area contributed by atoms with Gasteiger partial charge in [-0.05, 0) is 5.41 Å². The van der Waals surface area contributed by atoms with Crippen LogP contribution in [0.25, 0.3) is 0 Å². The van der Waals surface area contributed by atoms with Gasteiger partial charge in [0.1, 0.15) is 0 Å². The van der Waals surface area contributed by atoms with Gasteiger partial charge in [0.2, 0.25) is 0 Å². The molecule has 0 N–H and O–H groups in total. The molecule has 10 heavy (non-hydrogen) atoms. The molecule has 0 aromatic rings. The second-order valence-corrected chi connectivity index (χ2v) is 4.69. The Bertz CT molecular complexity index is 191. The van der Waals surface area contributed by atoms with Gasteiger partial charge in [0.15, 0.2) is 0 Å². The van der Waals surface area contributed by atoms with Crippen molar-refractivity contribution >= 4 is 21.6 Å². The molecular weight excluding hydrogens is 160 g/mol. The first-order valence-electron chi connectivity index (χ1n) is 3.30. The molecule has 2 heteroatoms. The molecule has 0 radical (unpaired) electrons. The molecular formula is C8H8S2. The van der Waals surface area contributed by atoms with Crippen LogP contribution in [0.5, 0.6) is 0 Å². The van der Waals surface area contributed by atoms with Crippen molar-refractivity contribution in [1.82, 2.24) is 0 Å². The van der Waals surface area contributed by atoms with Gasteiger partial charge in [-0.15, -0.1) is 0 Å². The van der Waals surface area contributed by atoms with Gasteiger partial charge in [-0.3, -0.25) is 0 Å². The summed E-state index contributed by atoms with van der Waals surface area (Å²) in [5.41, 5.74) is 0. The number of allylic oxidation sites excluding steroid dienone is 4. The quantitative estimate of drug-likeness (QED) is 0.552. The van der Waals surface area contributed by atoms with Crippen molar-refractivity contribution in [2.24, 2.45) is 5.92 Å². The second-order valence-electron chi connectivity index (χ2n) is 2.33. The van der Waals surface area contributed by atoms with Crippen molar-refractivity contribution in [2.75, 3.05) is 0 Å². The second kappa shape index (κ2) is 2.89. The van der Waals surface area contributed by atoms with E-state index in [1.165, 1.54) is 0 Å². The highest BCUT2D eigenvalue weighted by Gasteiger charge is 2.18. The highest BCUT2D eigenvalue weighted by Crippen LogP contribution is 2.40. The van der Waals surface area contributed by atoms with Crippen LogP contribution in [0.2, 0.25) is 0 Å². The van der Waals surface area contributed by atoms with E-state index >= 15 is 0 Å². The van der Waals surface area contributed by atoms with Crippen LogP contribution >= 0.6 is 21.6 Å². The van der Waals surface area contributed by atoms with Gasteiger partial charge in [0, 0.05) is 11.2 Å². The van der Waals surface area contributed by atoms with Gasteiger partial charge in [-0.25, -0.2) is 0 Å². The molecule has 0 fully saturated rings. The van der Waals surface area contributed by atoms with Crippen molar-refractivity contribution in [3.05, 3.63) is 35.8 Å². The lowest BCUT2D eigenvalue weighted by molar-refractivity contribution is 0.870. The van der Waals surface area contributed by atoms with Crippen molar-refractivity contribution < 1.29 is 0 Å². The molecule has 0 spiro atoms. The highest BCUT2D eigenvalue weighted by atomic mass is 33.1. The molecule has 1 aliphatic carbocycles. The van der Waals surface area contributed by atoms with E-state index in [9.17, 15) is 0 Å². The number of rotatable bonds is 1. The van der Waals surface area contributed by atoms with E-state index in [-0.39, 0.29) is 0 Å². The Balaban J connectivity index is 2.05. The Morgan fingerprint density at radius 2 is 1.80 bits per heavy atom. The first-order valence-corrected chi connectivity index (χ1v) is 5.58. The molecule has 0 saturated carbocycles. The standard InChI is InChI=1S/C8H8S2/c1-2-4-7(3-1)8-5-6-9-10-8/h1-8H. The fraction of sp³-hybridized carbons (Fsp3) is 0.250. The van der Waals surface area contributed by atoms with E-state index in [1.807, 2.05) is 21.6 Å². The Kier molecular flexibility index (Phi) is 1.91. The molecule has 2 rings (SSSR count). The molecule has 52 valence electrons. The van der Waals surface area contributed by atoms with Crippen LogP contribution in [-0.4, -0.2) is 5.25 Å². The van der Waals surface area contributed by atoms with E-state index in [2.05, 4.69) is 35.8 Å². The minimum absolute atomic E-state index is 0.649. The van der Waals surface area contributed by atoms with E-state index < -0.39 is 0 Å². The van der Waals surface area contributed by atoms with Gasteiger partial charge in [-0.1, -0.05) is 52.0 Å². The zero-order valence-electron chi connectivity index (χ0n) is 5.44. The van der Waals surface area contributed by atoms with Crippen molar-refractivity contribution in [3.63, 3.8) is 0 Å².